The number of rotatable bonds is 8. The lowest BCUT2D eigenvalue weighted by Crippen LogP contribution is -2.09. The van der Waals surface area contributed by atoms with Crippen LogP contribution < -0.4 is 4.90 Å². The number of anilines is 3. The molecule has 0 aliphatic heterocycles. The van der Waals surface area contributed by atoms with Gasteiger partial charge in [0.25, 0.3) is 0 Å². The van der Waals surface area contributed by atoms with Crippen LogP contribution in [0.2, 0.25) is 0 Å². The molecule has 0 amide bonds. The standard InChI is InChI=1S/C38H31NO2/c40-26-28-6-10-31(11-7-28)34-16-22-37(23-17-34)39(36-20-14-33(15-21-36)30-4-2-1-3-5-30)38-24-18-35(19-25-38)32-12-8-29(27-41)9-13-32/h1-25,40-41H,26-27H2. The summed E-state index contributed by atoms with van der Waals surface area (Å²) < 4.78 is 0. The van der Waals surface area contributed by atoms with Gasteiger partial charge in [-0.25, -0.2) is 0 Å². The minimum absolute atomic E-state index is 0.0456. The van der Waals surface area contributed by atoms with Gasteiger partial charge in [-0.15, -0.1) is 0 Å². The lowest BCUT2D eigenvalue weighted by Gasteiger charge is -2.26. The number of aliphatic hydroxyl groups excluding tert-OH is 2. The van der Waals surface area contributed by atoms with Crippen molar-refractivity contribution in [3.63, 3.8) is 0 Å². The van der Waals surface area contributed by atoms with Crippen molar-refractivity contribution in [2.45, 2.75) is 13.2 Å². The van der Waals surface area contributed by atoms with E-state index in [1.165, 1.54) is 11.1 Å². The molecule has 0 unspecified atom stereocenters. The van der Waals surface area contributed by atoms with Crippen LogP contribution in [-0.4, -0.2) is 10.2 Å². The quantitative estimate of drug-likeness (QED) is 0.205. The van der Waals surface area contributed by atoms with Gasteiger partial charge in [0.15, 0.2) is 0 Å². The molecular weight excluding hydrogens is 502 g/mol. The fraction of sp³-hybridized carbons (Fsp3) is 0.0526. The molecule has 6 rings (SSSR count). The Hall–Kier alpha value is -4.96. The Balaban J connectivity index is 1.35. The molecule has 3 nitrogen and oxygen atoms in total. The summed E-state index contributed by atoms with van der Waals surface area (Å²) in [4.78, 5) is 2.27. The molecule has 0 fully saturated rings. The zero-order valence-corrected chi connectivity index (χ0v) is 22.7. The van der Waals surface area contributed by atoms with Crippen LogP contribution in [0.15, 0.2) is 152 Å². The Bertz CT molecular complexity index is 1600. The van der Waals surface area contributed by atoms with E-state index >= 15 is 0 Å². The predicted molar refractivity (Wildman–Crippen MR) is 169 cm³/mol. The number of nitrogens with zero attached hydrogens (tertiary/aromatic N) is 1. The number of hydrogen-bond acceptors (Lipinski definition) is 3. The highest BCUT2D eigenvalue weighted by atomic mass is 16.3. The molecule has 3 heteroatoms. The molecule has 0 aliphatic carbocycles. The molecule has 200 valence electrons. The van der Waals surface area contributed by atoms with Crippen LogP contribution in [0.4, 0.5) is 17.1 Å². The van der Waals surface area contributed by atoms with E-state index in [0.29, 0.717) is 0 Å². The summed E-state index contributed by atoms with van der Waals surface area (Å²) in [6.07, 6.45) is 0. The number of benzene rings is 6. The van der Waals surface area contributed by atoms with Crippen molar-refractivity contribution in [1.29, 1.82) is 0 Å². The minimum atomic E-state index is 0.0456. The molecule has 0 atom stereocenters. The maximum Gasteiger partial charge on any atom is 0.0681 e. The lowest BCUT2D eigenvalue weighted by molar-refractivity contribution is 0.281. The van der Waals surface area contributed by atoms with Crippen molar-refractivity contribution in [2.75, 3.05) is 4.90 Å². The zero-order chi connectivity index (χ0) is 28.0. The third-order valence-electron chi connectivity index (χ3n) is 7.42. The van der Waals surface area contributed by atoms with Gasteiger partial charge in [0.2, 0.25) is 0 Å². The zero-order valence-electron chi connectivity index (χ0n) is 22.7. The van der Waals surface area contributed by atoms with Crippen molar-refractivity contribution in [3.05, 3.63) is 163 Å². The number of aliphatic hydroxyl groups is 2. The van der Waals surface area contributed by atoms with Crippen molar-refractivity contribution < 1.29 is 10.2 Å². The molecule has 6 aromatic rings. The van der Waals surface area contributed by atoms with Gasteiger partial charge < -0.3 is 15.1 Å². The van der Waals surface area contributed by atoms with Gasteiger partial charge in [-0.05, 0) is 80.9 Å². The summed E-state index contributed by atoms with van der Waals surface area (Å²) in [6.45, 7) is 0.0913. The van der Waals surface area contributed by atoms with Crippen molar-refractivity contribution in [2.24, 2.45) is 0 Å². The second-order valence-electron chi connectivity index (χ2n) is 10.1. The molecule has 2 N–H and O–H groups in total. The first-order valence-electron chi connectivity index (χ1n) is 13.8. The van der Waals surface area contributed by atoms with Crippen LogP contribution >= 0.6 is 0 Å². The Labute approximate surface area is 241 Å². The Morgan fingerprint density at radius 3 is 0.878 bits per heavy atom. The summed E-state index contributed by atoms with van der Waals surface area (Å²) in [5.74, 6) is 0. The third kappa shape index (κ3) is 5.82. The molecule has 6 aromatic carbocycles. The maximum atomic E-state index is 9.38. The molecule has 0 bridgehead atoms. The lowest BCUT2D eigenvalue weighted by atomic mass is 10.0. The first kappa shape index (κ1) is 26.3. The highest BCUT2D eigenvalue weighted by Crippen LogP contribution is 2.37. The van der Waals surface area contributed by atoms with E-state index in [-0.39, 0.29) is 13.2 Å². The van der Waals surface area contributed by atoms with E-state index in [9.17, 15) is 10.2 Å². The second kappa shape index (κ2) is 12.1. The van der Waals surface area contributed by atoms with Gasteiger partial charge in [0.05, 0.1) is 13.2 Å². The summed E-state index contributed by atoms with van der Waals surface area (Å²) >= 11 is 0. The maximum absolute atomic E-state index is 9.38. The summed E-state index contributed by atoms with van der Waals surface area (Å²) in [5, 5.41) is 18.8. The van der Waals surface area contributed by atoms with Gasteiger partial charge in [-0.2, -0.15) is 0 Å². The summed E-state index contributed by atoms with van der Waals surface area (Å²) in [7, 11) is 0. The molecule has 0 aromatic heterocycles. The normalized spacial score (nSPS) is 10.9. The highest BCUT2D eigenvalue weighted by Gasteiger charge is 2.14. The Kier molecular flexibility index (Phi) is 7.72. The van der Waals surface area contributed by atoms with Crippen LogP contribution in [0.5, 0.6) is 0 Å². The van der Waals surface area contributed by atoms with E-state index in [1.54, 1.807) is 0 Å². The largest absolute Gasteiger partial charge is 0.392 e. The fourth-order valence-corrected chi connectivity index (χ4v) is 5.09. The van der Waals surface area contributed by atoms with Crippen LogP contribution in [0, 0.1) is 0 Å². The van der Waals surface area contributed by atoms with E-state index in [4.69, 9.17) is 0 Å². The molecule has 0 saturated carbocycles. The summed E-state index contributed by atoms with van der Waals surface area (Å²) in [5.41, 5.74) is 11.9. The first-order chi connectivity index (χ1) is 20.2. The molecule has 41 heavy (non-hydrogen) atoms. The SMILES string of the molecule is OCc1ccc(-c2ccc(N(c3ccc(-c4ccccc4)cc3)c3ccc(-c4ccc(CO)cc4)cc3)cc2)cc1. The van der Waals surface area contributed by atoms with Gasteiger partial charge in [0.1, 0.15) is 0 Å². The molecule has 0 spiro atoms. The van der Waals surface area contributed by atoms with Gasteiger partial charge >= 0.3 is 0 Å². The fourth-order valence-electron chi connectivity index (χ4n) is 5.09. The second-order valence-corrected chi connectivity index (χ2v) is 10.1. The average molecular weight is 534 g/mol. The third-order valence-corrected chi connectivity index (χ3v) is 7.42. The molecular formula is C38H31NO2. The average Bonchev–Trinajstić information content (AvgIpc) is 3.06. The van der Waals surface area contributed by atoms with Crippen molar-refractivity contribution in [1.82, 2.24) is 0 Å². The van der Waals surface area contributed by atoms with E-state index in [2.05, 4.69) is 102 Å². The smallest absolute Gasteiger partial charge is 0.0681 e. The minimum Gasteiger partial charge on any atom is -0.392 e. The van der Waals surface area contributed by atoms with Gasteiger partial charge in [-0.1, -0.05) is 115 Å². The predicted octanol–water partition coefficient (Wildman–Crippen LogP) is 9.14. The van der Waals surface area contributed by atoms with Gasteiger partial charge in [0, 0.05) is 17.1 Å². The van der Waals surface area contributed by atoms with Crippen molar-refractivity contribution >= 4 is 17.1 Å². The van der Waals surface area contributed by atoms with E-state index in [1.807, 2.05) is 54.6 Å². The molecule has 0 heterocycles. The highest BCUT2D eigenvalue weighted by molar-refractivity contribution is 5.81. The molecule has 0 aliphatic rings. The first-order valence-corrected chi connectivity index (χ1v) is 13.8. The van der Waals surface area contributed by atoms with Gasteiger partial charge in [-0.3, -0.25) is 0 Å². The Morgan fingerprint density at radius 1 is 0.317 bits per heavy atom. The van der Waals surface area contributed by atoms with Crippen LogP contribution in [0.3, 0.4) is 0 Å². The summed E-state index contributed by atoms with van der Waals surface area (Å²) in [6, 6.07) is 52.3. The van der Waals surface area contributed by atoms with E-state index < -0.39 is 0 Å². The van der Waals surface area contributed by atoms with Crippen LogP contribution in [-0.2, 0) is 13.2 Å². The van der Waals surface area contributed by atoms with Crippen LogP contribution in [0.1, 0.15) is 11.1 Å². The van der Waals surface area contributed by atoms with Crippen molar-refractivity contribution in [3.8, 4) is 33.4 Å². The molecule has 0 radical (unpaired) electrons. The topological polar surface area (TPSA) is 43.7 Å². The van der Waals surface area contributed by atoms with Crippen LogP contribution in [0.25, 0.3) is 33.4 Å². The monoisotopic (exact) mass is 533 g/mol. The number of hydrogen-bond donors (Lipinski definition) is 2. The molecule has 0 saturated heterocycles. The van der Waals surface area contributed by atoms with E-state index in [0.717, 1.165) is 50.4 Å². The Morgan fingerprint density at radius 2 is 0.585 bits per heavy atom.